The number of anilines is 1. The Morgan fingerprint density at radius 2 is 1.73 bits per heavy atom. The number of hydrogen-bond acceptors (Lipinski definition) is 3. The Morgan fingerprint density at radius 3 is 2.27 bits per heavy atom. The number of sulfonamides is 1. The van der Waals surface area contributed by atoms with E-state index in [4.69, 9.17) is 0 Å². The molecule has 1 aliphatic carbocycles. The number of rotatable bonds is 6. The lowest BCUT2D eigenvalue weighted by Gasteiger charge is -2.19. The highest BCUT2D eigenvalue weighted by atomic mass is 32.2. The Morgan fingerprint density at radius 1 is 1.10 bits per heavy atom. The van der Waals surface area contributed by atoms with Crippen LogP contribution in [0.3, 0.4) is 0 Å². The summed E-state index contributed by atoms with van der Waals surface area (Å²) in [5.41, 5.74) is 4.97. The Kier molecular flexibility index (Phi) is 6.01. The molecule has 1 fully saturated rings. The van der Waals surface area contributed by atoms with E-state index in [1.54, 1.807) is 6.07 Å². The predicted octanol–water partition coefficient (Wildman–Crippen LogP) is 4.64. The molecule has 3 rings (SSSR count). The van der Waals surface area contributed by atoms with Crippen molar-refractivity contribution >= 4 is 21.6 Å². The van der Waals surface area contributed by atoms with Crippen molar-refractivity contribution in [2.45, 2.75) is 58.4 Å². The molecular formula is C24H32N2O3S. The van der Waals surface area contributed by atoms with Gasteiger partial charge >= 0.3 is 0 Å². The van der Waals surface area contributed by atoms with Gasteiger partial charge in [0.15, 0.2) is 0 Å². The minimum atomic E-state index is -3.32. The molecule has 2 unspecified atom stereocenters. The van der Waals surface area contributed by atoms with E-state index < -0.39 is 10.0 Å². The summed E-state index contributed by atoms with van der Waals surface area (Å²) in [6.07, 6.45) is 2.01. The molecule has 1 saturated carbocycles. The lowest BCUT2D eigenvalue weighted by molar-refractivity contribution is -0.123. The van der Waals surface area contributed by atoms with E-state index in [9.17, 15) is 13.2 Å². The molecule has 0 heterocycles. The van der Waals surface area contributed by atoms with Crippen LogP contribution in [0, 0.1) is 12.8 Å². The van der Waals surface area contributed by atoms with E-state index in [-0.39, 0.29) is 29.2 Å². The van der Waals surface area contributed by atoms with E-state index in [1.165, 1.54) is 11.1 Å². The van der Waals surface area contributed by atoms with Gasteiger partial charge in [-0.25, -0.2) is 8.42 Å². The molecule has 5 nitrogen and oxygen atoms in total. The maximum atomic E-state index is 12.7. The van der Waals surface area contributed by atoms with Crippen LogP contribution in [0.4, 0.5) is 5.69 Å². The van der Waals surface area contributed by atoms with Crippen molar-refractivity contribution in [3.63, 3.8) is 0 Å². The predicted molar refractivity (Wildman–Crippen MR) is 122 cm³/mol. The van der Waals surface area contributed by atoms with Gasteiger partial charge in [-0.1, -0.05) is 57.2 Å². The first-order valence-corrected chi connectivity index (χ1v) is 12.2. The zero-order chi connectivity index (χ0) is 22.3. The van der Waals surface area contributed by atoms with E-state index in [1.807, 2.05) is 26.0 Å². The SMILES string of the molecule is Cc1cc([C@@H](C)NC(=O)C2CC2c2ccc(C(C)(C)C)cc2)ccc1NS(C)(=O)=O. The summed E-state index contributed by atoms with van der Waals surface area (Å²) in [6.45, 7) is 10.4. The Hall–Kier alpha value is -2.34. The molecular weight excluding hydrogens is 396 g/mol. The summed E-state index contributed by atoms with van der Waals surface area (Å²) in [7, 11) is -3.32. The fourth-order valence-electron chi connectivity index (χ4n) is 3.76. The highest BCUT2D eigenvalue weighted by Gasteiger charge is 2.44. The van der Waals surface area contributed by atoms with Gasteiger partial charge in [-0.15, -0.1) is 0 Å². The maximum absolute atomic E-state index is 12.7. The van der Waals surface area contributed by atoms with Gasteiger partial charge in [-0.05, 0) is 59.9 Å². The number of amides is 1. The number of carbonyl (C=O) groups excluding carboxylic acids is 1. The van der Waals surface area contributed by atoms with Crippen LogP contribution in [0.15, 0.2) is 42.5 Å². The smallest absolute Gasteiger partial charge is 0.229 e. The fraction of sp³-hybridized carbons (Fsp3) is 0.458. The Bertz CT molecular complexity index is 1040. The number of nitrogens with one attached hydrogen (secondary N) is 2. The first-order valence-electron chi connectivity index (χ1n) is 10.3. The van der Waals surface area contributed by atoms with E-state index >= 15 is 0 Å². The van der Waals surface area contributed by atoms with Crippen molar-refractivity contribution in [2.24, 2.45) is 5.92 Å². The van der Waals surface area contributed by atoms with Crippen LogP contribution < -0.4 is 10.0 Å². The second kappa shape index (κ2) is 8.06. The molecule has 0 spiro atoms. The summed E-state index contributed by atoms with van der Waals surface area (Å²) in [6, 6.07) is 14.0. The fourth-order valence-corrected chi connectivity index (χ4v) is 4.39. The van der Waals surface area contributed by atoms with Gasteiger partial charge in [-0.3, -0.25) is 9.52 Å². The van der Waals surface area contributed by atoms with Crippen molar-refractivity contribution in [1.29, 1.82) is 0 Å². The summed E-state index contributed by atoms with van der Waals surface area (Å²) in [5, 5.41) is 3.11. The molecule has 2 aromatic rings. The molecule has 1 aliphatic rings. The van der Waals surface area contributed by atoms with Gasteiger partial charge in [0, 0.05) is 5.92 Å². The molecule has 30 heavy (non-hydrogen) atoms. The average Bonchev–Trinajstić information content (AvgIpc) is 3.42. The lowest BCUT2D eigenvalue weighted by Crippen LogP contribution is -2.28. The van der Waals surface area contributed by atoms with E-state index in [0.717, 1.165) is 23.8 Å². The average molecular weight is 429 g/mol. The summed E-state index contributed by atoms with van der Waals surface area (Å²) in [5.74, 6) is 0.373. The van der Waals surface area contributed by atoms with Crippen LogP contribution in [0.1, 0.15) is 68.3 Å². The van der Waals surface area contributed by atoms with E-state index in [2.05, 4.69) is 55.1 Å². The zero-order valence-electron chi connectivity index (χ0n) is 18.6. The Labute approximate surface area is 180 Å². The monoisotopic (exact) mass is 428 g/mol. The standard InChI is InChI=1S/C24H32N2O3S/c1-15-13-18(9-12-22(15)26-30(6,28)29)16(2)25-23(27)21-14-20(21)17-7-10-19(11-8-17)24(3,4)5/h7-13,16,20-21,26H,14H2,1-6H3,(H,25,27)/t16-,20?,21?/m1/s1. The van der Waals surface area contributed by atoms with Crippen LogP contribution >= 0.6 is 0 Å². The lowest BCUT2D eigenvalue weighted by atomic mass is 9.86. The minimum Gasteiger partial charge on any atom is -0.349 e. The number of hydrogen-bond donors (Lipinski definition) is 2. The number of aryl methyl sites for hydroxylation is 1. The molecule has 6 heteroatoms. The molecule has 2 aromatic carbocycles. The highest BCUT2D eigenvalue weighted by Crippen LogP contribution is 2.48. The number of benzene rings is 2. The zero-order valence-corrected chi connectivity index (χ0v) is 19.4. The van der Waals surface area contributed by atoms with Crippen LogP contribution in [-0.4, -0.2) is 20.6 Å². The molecule has 0 aromatic heterocycles. The molecule has 0 radical (unpaired) electrons. The number of carbonyl (C=O) groups is 1. The van der Waals surface area contributed by atoms with Crippen LogP contribution in [-0.2, 0) is 20.2 Å². The summed E-state index contributed by atoms with van der Waals surface area (Å²) >= 11 is 0. The maximum Gasteiger partial charge on any atom is 0.229 e. The third-order valence-electron chi connectivity index (χ3n) is 5.74. The van der Waals surface area contributed by atoms with Crippen LogP contribution in [0.25, 0.3) is 0 Å². The molecule has 162 valence electrons. The van der Waals surface area contributed by atoms with Gasteiger partial charge in [0.2, 0.25) is 15.9 Å². The largest absolute Gasteiger partial charge is 0.349 e. The second-order valence-corrected chi connectivity index (χ2v) is 11.2. The molecule has 0 saturated heterocycles. The van der Waals surface area contributed by atoms with Crippen molar-refractivity contribution in [3.05, 3.63) is 64.7 Å². The molecule has 2 N–H and O–H groups in total. The normalized spacial score (nSPS) is 19.8. The topological polar surface area (TPSA) is 75.3 Å². The third-order valence-corrected chi connectivity index (χ3v) is 6.33. The molecule has 1 amide bonds. The van der Waals surface area contributed by atoms with Crippen molar-refractivity contribution in [1.82, 2.24) is 5.32 Å². The first kappa shape index (κ1) is 22.3. The highest BCUT2D eigenvalue weighted by molar-refractivity contribution is 7.92. The van der Waals surface area contributed by atoms with Crippen LogP contribution in [0.2, 0.25) is 0 Å². The van der Waals surface area contributed by atoms with Gasteiger partial charge in [0.05, 0.1) is 18.0 Å². The third kappa shape index (κ3) is 5.42. The first-order chi connectivity index (χ1) is 13.8. The molecule has 3 atom stereocenters. The quantitative estimate of drug-likeness (QED) is 0.703. The summed E-state index contributed by atoms with van der Waals surface area (Å²) in [4.78, 5) is 12.7. The van der Waals surface area contributed by atoms with Gasteiger partial charge in [0.25, 0.3) is 0 Å². The van der Waals surface area contributed by atoms with Gasteiger partial charge in [0.1, 0.15) is 0 Å². The van der Waals surface area contributed by atoms with Gasteiger partial charge in [-0.2, -0.15) is 0 Å². The van der Waals surface area contributed by atoms with Crippen molar-refractivity contribution in [3.8, 4) is 0 Å². The van der Waals surface area contributed by atoms with Crippen LogP contribution in [0.5, 0.6) is 0 Å². The van der Waals surface area contributed by atoms with Gasteiger partial charge < -0.3 is 5.32 Å². The minimum absolute atomic E-state index is 0.0141. The molecule has 0 aliphatic heterocycles. The van der Waals surface area contributed by atoms with Crippen molar-refractivity contribution < 1.29 is 13.2 Å². The second-order valence-electron chi connectivity index (χ2n) is 9.50. The van der Waals surface area contributed by atoms with Crippen molar-refractivity contribution in [2.75, 3.05) is 11.0 Å². The molecule has 0 bridgehead atoms. The summed E-state index contributed by atoms with van der Waals surface area (Å²) < 4.78 is 25.4. The Balaban J connectivity index is 1.61. The van der Waals surface area contributed by atoms with E-state index in [0.29, 0.717) is 5.69 Å².